The van der Waals surface area contributed by atoms with E-state index in [0.717, 1.165) is 11.8 Å². The Morgan fingerprint density at radius 3 is 3.07 bits per heavy atom. The first-order valence-corrected chi connectivity index (χ1v) is 4.27. The van der Waals surface area contributed by atoms with Crippen LogP contribution in [0.1, 0.15) is 5.56 Å². The van der Waals surface area contributed by atoms with Crippen molar-refractivity contribution in [3.63, 3.8) is 0 Å². The summed E-state index contributed by atoms with van der Waals surface area (Å²) in [4.78, 5) is 10.5. The number of carbonyl (C=O) groups is 1. The summed E-state index contributed by atoms with van der Waals surface area (Å²) in [6, 6.07) is 3.45. The van der Waals surface area contributed by atoms with Gasteiger partial charge in [0.1, 0.15) is 0 Å². The van der Waals surface area contributed by atoms with Crippen LogP contribution in [0, 0.1) is 0 Å². The van der Waals surface area contributed by atoms with Crippen LogP contribution >= 0.6 is 0 Å². The van der Waals surface area contributed by atoms with Gasteiger partial charge in [0.15, 0.2) is 23.9 Å². The van der Waals surface area contributed by atoms with E-state index in [9.17, 15) is 9.90 Å². The summed E-state index contributed by atoms with van der Waals surface area (Å²) < 4.78 is 10.2. The molecule has 4 nitrogen and oxygen atoms in total. The van der Waals surface area contributed by atoms with Crippen LogP contribution in [-0.4, -0.2) is 24.6 Å². The monoisotopic (exact) mass is 194 g/mol. The maximum atomic E-state index is 10.5. The van der Waals surface area contributed by atoms with Crippen molar-refractivity contribution in [1.82, 2.24) is 0 Å². The molecule has 1 atom stereocenters. The molecule has 0 aromatic heterocycles. The average molecular weight is 194 g/mol. The second-order valence-corrected chi connectivity index (χ2v) is 3.10. The summed E-state index contributed by atoms with van der Waals surface area (Å²) in [7, 11) is 1.47. The number of hydrogen-bond acceptors (Lipinski definition) is 4. The largest absolute Gasteiger partial charge is 0.502 e. The molecule has 1 unspecified atom stereocenters. The molecule has 1 aromatic rings. The van der Waals surface area contributed by atoms with Crippen LogP contribution < -0.4 is 9.47 Å². The summed E-state index contributed by atoms with van der Waals surface area (Å²) in [5.74, 6) is 0.686. The van der Waals surface area contributed by atoms with E-state index < -0.39 is 6.10 Å². The molecule has 0 fully saturated rings. The lowest BCUT2D eigenvalue weighted by molar-refractivity contribution is -0.113. The van der Waals surface area contributed by atoms with E-state index in [-0.39, 0.29) is 5.75 Å². The first kappa shape index (κ1) is 8.87. The molecule has 0 saturated heterocycles. The first-order chi connectivity index (χ1) is 6.76. The maximum Gasteiger partial charge on any atom is 0.201 e. The molecule has 1 aliphatic rings. The number of ether oxygens (including phenoxy) is 2. The predicted molar refractivity (Wildman–Crippen MR) is 48.8 cm³/mol. The molecule has 14 heavy (non-hydrogen) atoms. The fourth-order valence-corrected chi connectivity index (χ4v) is 1.54. The molecule has 0 aliphatic carbocycles. The van der Waals surface area contributed by atoms with Gasteiger partial charge >= 0.3 is 0 Å². The van der Waals surface area contributed by atoms with Gasteiger partial charge in [-0.1, -0.05) is 6.07 Å². The molecule has 1 aromatic carbocycles. The smallest absolute Gasteiger partial charge is 0.201 e. The number of fused-ring (bicyclic) bond motifs is 1. The Bertz CT molecular complexity index is 373. The fraction of sp³-hybridized carbons (Fsp3) is 0.300. The van der Waals surface area contributed by atoms with Crippen molar-refractivity contribution in [2.24, 2.45) is 0 Å². The van der Waals surface area contributed by atoms with Crippen LogP contribution in [0.15, 0.2) is 12.1 Å². The van der Waals surface area contributed by atoms with Gasteiger partial charge in [-0.15, -0.1) is 0 Å². The lowest BCUT2D eigenvalue weighted by Gasteiger charge is -2.07. The summed E-state index contributed by atoms with van der Waals surface area (Å²) >= 11 is 0. The number of phenolic OH excluding ortho intramolecular Hbond substituents is 1. The predicted octanol–water partition coefficient (Wildman–Crippen LogP) is 0.903. The van der Waals surface area contributed by atoms with Crippen LogP contribution in [0.2, 0.25) is 0 Å². The lowest BCUT2D eigenvalue weighted by atomic mass is 10.1. The molecule has 0 bridgehead atoms. The van der Waals surface area contributed by atoms with E-state index in [1.165, 1.54) is 7.11 Å². The highest BCUT2D eigenvalue weighted by Crippen LogP contribution is 2.42. The van der Waals surface area contributed by atoms with Crippen molar-refractivity contribution >= 4 is 6.29 Å². The molecular formula is C10H10O4. The standard InChI is InChI=1S/C10H10O4/c1-13-8-3-2-6-4-7(5-11)14-10(6)9(8)12/h2-3,5,7,12H,4H2,1H3. The Kier molecular flexibility index (Phi) is 2.04. The van der Waals surface area contributed by atoms with Crippen LogP contribution in [0.3, 0.4) is 0 Å². The normalized spacial score (nSPS) is 18.5. The zero-order valence-electron chi connectivity index (χ0n) is 7.69. The molecule has 1 heterocycles. The molecule has 0 saturated carbocycles. The summed E-state index contributed by atoms with van der Waals surface area (Å²) in [6.07, 6.45) is 0.755. The molecule has 0 radical (unpaired) electrons. The number of aldehydes is 1. The highest BCUT2D eigenvalue weighted by molar-refractivity contribution is 5.64. The summed E-state index contributed by atoms with van der Waals surface area (Å²) in [6.45, 7) is 0. The van der Waals surface area contributed by atoms with Crippen molar-refractivity contribution in [2.75, 3.05) is 7.11 Å². The lowest BCUT2D eigenvalue weighted by Crippen LogP contribution is -2.13. The highest BCUT2D eigenvalue weighted by atomic mass is 16.5. The fourth-order valence-electron chi connectivity index (χ4n) is 1.54. The molecule has 0 spiro atoms. The van der Waals surface area contributed by atoms with Gasteiger partial charge in [0, 0.05) is 12.0 Å². The van der Waals surface area contributed by atoms with Crippen LogP contribution in [-0.2, 0) is 11.2 Å². The Labute approximate surface area is 81.1 Å². The van der Waals surface area contributed by atoms with Crippen LogP contribution in [0.5, 0.6) is 17.2 Å². The third-order valence-electron chi connectivity index (χ3n) is 2.24. The van der Waals surface area contributed by atoms with Gasteiger partial charge in [0.05, 0.1) is 7.11 Å². The van der Waals surface area contributed by atoms with Gasteiger partial charge in [-0.3, -0.25) is 4.79 Å². The highest BCUT2D eigenvalue weighted by Gasteiger charge is 2.26. The number of phenols is 1. The minimum absolute atomic E-state index is 0.0330. The second-order valence-electron chi connectivity index (χ2n) is 3.10. The molecule has 74 valence electrons. The minimum Gasteiger partial charge on any atom is -0.502 e. The molecule has 1 N–H and O–H groups in total. The van der Waals surface area contributed by atoms with Crippen molar-refractivity contribution in [3.8, 4) is 17.2 Å². The third-order valence-corrected chi connectivity index (χ3v) is 2.24. The van der Waals surface area contributed by atoms with Crippen molar-refractivity contribution < 1.29 is 19.4 Å². The van der Waals surface area contributed by atoms with E-state index in [0.29, 0.717) is 17.9 Å². The number of rotatable bonds is 2. The van der Waals surface area contributed by atoms with E-state index >= 15 is 0 Å². The van der Waals surface area contributed by atoms with Crippen molar-refractivity contribution in [1.29, 1.82) is 0 Å². The van der Waals surface area contributed by atoms with Gasteiger partial charge in [0.2, 0.25) is 5.75 Å². The maximum absolute atomic E-state index is 10.5. The number of methoxy groups -OCH3 is 1. The van der Waals surface area contributed by atoms with Gasteiger partial charge in [-0.2, -0.15) is 0 Å². The summed E-state index contributed by atoms with van der Waals surface area (Å²) in [5.41, 5.74) is 0.834. The quantitative estimate of drug-likeness (QED) is 0.711. The molecule has 4 heteroatoms. The molecule has 1 aliphatic heterocycles. The average Bonchev–Trinajstić information content (AvgIpc) is 2.62. The van der Waals surface area contributed by atoms with Gasteiger partial charge in [-0.25, -0.2) is 0 Å². The number of benzene rings is 1. The van der Waals surface area contributed by atoms with E-state index in [4.69, 9.17) is 9.47 Å². The zero-order chi connectivity index (χ0) is 10.1. The number of hydrogen-bond donors (Lipinski definition) is 1. The molecule has 2 rings (SSSR count). The Hall–Kier alpha value is -1.71. The number of carbonyl (C=O) groups excluding carboxylic acids is 1. The number of aromatic hydroxyl groups is 1. The summed E-state index contributed by atoms with van der Waals surface area (Å²) in [5, 5.41) is 9.66. The van der Waals surface area contributed by atoms with Crippen LogP contribution in [0.4, 0.5) is 0 Å². The Balaban J connectivity index is 2.42. The molecule has 0 amide bonds. The molecular weight excluding hydrogens is 184 g/mol. The van der Waals surface area contributed by atoms with Crippen molar-refractivity contribution in [2.45, 2.75) is 12.5 Å². The van der Waals surface area contributed by atoms with E-state index in [2.05, 4.69) is 0 Å². The Morgan fingerprint density at radius 1 is 1.64 bits per heavy atom. The van der Waals surface area contributed by atoms with Crippen LogP contribution in [0.25, 0.3) is 0 Å². The zero-order valence-corrected chi connectivity index (χ0v) is 7.69. The van der Waals surface area contributed by atoms with Crippen molar-refractivity contribution in [3.05, 3.63) is 17.7 Å². The van der Waals surface area contributed by atoms with E-state index in [1.54, 1.807) is 12.1 Å². The second kappa shape index (κ2) is 3.21. The van der Waals surface area contributed by atoms with Gasteiger partial charge in [-0.05, 0) is 6.07 Å². The first-order valence-electron chi connectivity index (χ1n) is 4.27. The Morgan fingerprint density at radius 2 is 2.43 bits per heavy atom. The van der Waals surface area contributed by atoms with E-state index in [1.807, 2.05) is 0 Å². The third kappa shape index (κ3) is 1.19. The SMILES string of the molecule is COc1ccc2c(c1O)OC(C=O)C2. The topological polar surface area (TPSA) is 55.8 Å². The van der Waals surface area contributed by atoms with Gasteiger partial charge in [0.25, 0.3) is 0 Å². The van der Waals surface area contributed by atoms with Gasteiger partial charge < -0.3 is 14.6 Å². The minimum atomic E-state index is -0.483.